The van der Waals surface area contributed by atoms with Crippen molar-refractivity contribution in [1.82, 2.24) is 0 Å². The van der Waals surface area contributed by atoms with Crippen molar-refractivity contribution in [3.05, 3.63) is 0 Å². The van der Waals surface area contributed by atoms with Gasteiger partial charge in [-0.3, -0.25) is 0 Å². The van der Waals surface area contributed by atoms with E-state index in [2.05, 4.69) is 9.47 Å². The molecule has 2 N–H and O–H groups in total. The summed E-state index contributed by atoms with van der Waals surface area (Å²) >= 11 is 0. The fourth-order valence-electron chi connectivity index (χ4n) is 0.183. The molecule has 4 nitrogen and oxygen atoms in total. The number of aliphatic hydroxyl groups excluding tert-OH is 2. The third-order valence-corrected chi connectivity index (χ3v) is 0.591. The van der Waals surface area contributed by atoms with Gasteiger partial charge in [0.15, 0.2) is 0 Å². The summed E-state index contributed by atoms with van der Waals surface area (Å²) in [6.07, 6.45) is 0. The number of aliphatic hydroxyl groups is 2. The van der Waals surface area contributed by atoms with Gasteiger partial charge in [0.1, 0.15) is 0 Å². The van der Waals surface area contributed by atoms with E-state index in [9.17, 15) is 0 Å². The van der Waals surface area contributed by atoms with Crippen LogP contribution in [0.1, 0.15) is 0 Å². The second kappa shape index (κ2) is 29.4. The van der Waals surface area contributed by atoms with Crippen LogP contribution in [0.3, 0.4) is 0 Å². The maximum atomic E-state index is 7.94. The molecule has 0 atom stereocenters. The minimum absolute atomic E-state index is 0. The molecular formula is C6H17AlNaO4. The molecule has 0 heterocycles. The van der Waals surface area contributed by atoms with Crippen LogP contribution in [-0.2, 0) is 9.47 Å². The van der Waals surface area contributed by atoms with Crippen molar-refractivity contribution in [3.8, 4) is 0 Å². The van der Waals surface area contributed by atoms with Crippen molar-refractivity contribution in [1.29, 1.82) is 0 Å². The average Bonchev–Trinajstić information content (AvgIpc) is 1.93. The number of hydrogen-bond donors (Lipinski definition) is 2. The van der Waals surface area contributed by atoms with E-state index in [0.29, 0.717) is 13.2 Å². The molecule has 0 aromatic carbocycles. The fourth-order valence-corrected chi connectivity index (χ4v) is 0.183. The molecule has 69 valence electrons. The van der Waals surface area contributed by atoms with Crippen molar-refractivity contribution in [2.45, 2.75) is 0 Å². The summed E-state index contributed by atoms with van der Waals surface area (Å²) in [6, 6.07) is 0. The van der Waals surface area contributed by atoms with Gasteiger partial charge in [-0.05, 0) is 0 Å². The normalized spacial score (nSPS) is 7.00. The first-order chi connectivity index (χ1) is 4.83. The predicted octanol–water partition coefficient (Wildman–Crippen LogP) is -1.78. The van der Waals surface area contributed by atoms with E-state index in [1.54, 1.807) is 14.2 Å². The Balaban J connectivity index is -0.0000000457. The zero-order chi connectivity index (χ0) is 8.24. The molecule has 0 aliphatic heterocycles. The molecular weight excluding hydrogens is 186 g/mol. The third kappa shape index (κ3) is 42.4. The molecule has 0 unspecified atom stereocenters. The Morgan fingerprint density at radius 1 is 0.917 bits per heavy atom. The predicted molar refractivity (Wildman–Crippen MR) is 50.8 cm³/mol. The molecule has 6 heteroatoms. The maximum absolute atomic E-state index is 7.94. The summed E-state index contributed by atoms with van der Waals surface area (Å²) in [6.45, 7) is 1.13. The first-order valence-electron chi connectivity index (χ1n) is 3.03. The molecule has 0 aromatic rings. The second-order valence-corrected chi connectivity index (χ2v) is 1.43. The minimum atomic E-state index is 0. The molecule has 3 radical (unpaired) electrons. The van der Waals surface area contributed by atoms with Crippen LogP contribution >= 0.6 is 0 Å². The van der Waals surface area contributed by atoms with Gasteiger partial charge in [-0.2, -0.15) is 0 Å². The first kappa shape index (κ1) is 23.3. The topological polar surface area (TPSA) is 58.9 Å². The Morgan fingerprint density at radius 3 is 1.17 bits per heavy atom. The molecule has 0 aliphatic rings. The number of methoxy groups -OCH3 is 2. The van der Waals surface area contributed by atoms with Gasteiger partial charge in [0, 0.05) is 31.6 Å². The summed E-state index contributed by atoms with van der Waals surface area (Å²) in [5.41, 5.74) is 0. The first-order valence-corrected chi connectivity index (χ1v) is 3.03. The van der Waals surface area contributed by atoms with E-state index in [4.69, 9.17) is 10.2 Å². The standard InChI is InChI=1S/2C3H8O2.Al.Na.H/c2*1-5-3-2-4;;;/h2*4H,2-3H2,1H3;;;. The van der Waals surface area contributed by atoms with E-state index < -0.39 is 0 Å². The summed E-state index contributed by atoms with van der Waals surface area (Å²) in [5, 5.41) is 15.9. The van der Waals surface area contributed by atoms with E-state index in [0.717, 1.165) is 0 Å². The Hall–Kier alpha value is 1.37. The van der Waals surface area contributed by atoms with Crippen molar-refractivity contribution < 1.29 is 19.7 Å². The summed E-state index contributed by atoms with van der Waals surface area (Å²) in [7, 11) is 3.10. The van der Waals surface area contributed by atoms with Gasteiger partial charge in [-0.15, -0.1) is 0 Å². The van der Waals surface area contributed by atoms with Crippen LogP contribution in [0, 0.1) is 0 Å². The van der Waals surface area contributed by atoms with Crippen LogP contribution in [0.15, 0.2) is 0 Å². The van der Waals surface area contributed by atoms with E-state index >= 15 is 0 Å². The second-order valence-electron chi connectivity index (χ2n) is 1.43. The zero-order valence-electron chi connectivity index (χ0n) is 7.12. The van der Waals surface area contributed by atoms with Gasteiger partial charge in [0.25, 0.3) is 0 Å². The van der Waals surface area contributed by atoms with Gasteiger partial charge in [-0.1, -0.05) is 0 Å². The van der Waals surface area contributed by atoms with Crippen LogP contribution in [0.2, 0.25) is 0 Å². The van der Waals surface area contributed by atoms with Crippen molar-refractivity contribution in [2.24, 2.45) is 0 Å². The Labute approximate surface area is 107 Å². The molecule has 0 bridgehead atoms. The molecule has 0 rings (SSSR count). The molecule has 0 saturated carbocycles. The zero-order valence-corrected chi connectivity index (χ0v) is 8.27. The van der Waals surface area contributed by atoms with Gasteiger partial charge in [0.2, 0.25) is 0 Å². The van der Waals surface area contributed by atoms with E-state index in [1.165, 1.54) is 0 Å². The third-order valence-electron chi connectivity index (χ3n) is 0.591. The summed E-state index contributed by atoms with van der Waals surface area (Å²) in [4.78, 5) is 0. The average molecular weight is 203 g/mol. The Bertz CT molecular complexity index is 40.5. The molecule has 0 spiro atoms. The molecule has 0 fully saturated rings. The van der Waals surface area contributed by atoms with Crippen LogP contribution in [0.25, 0.3) is 0 Å². The van der Waals surface area contributed by atoms with Crippen molar-refractivity contribution in [2.75, 3.05) is 40.6 Å². The monoisotopic (exact) mass is 203 g/mol. The molecule has 0 aliphatic carbocycles. The van der Waals surface area contributed by atoms with E-state index in [-0.39, 0.29) is 60.1 Å². The SMILES string of the molecule is COCCO.COCCO.[Al].[NaH]. The fraction of sp³-hybridized carbons (Fsp3) is 1.00. The van der Waals surface area contributed by atoms with Crippen molar-refractivity contribution in [3.63, 3.8) is 0 Å². The molecule has 0 amide bonds. The molecule has 12 heavy (non-hydrogen) atoms. The summed E-state index contributed by atoms with van der Waals surface area (Å²) < 4.78 is 8.88. The quantitative estimate of drug-likeness (QED) is 0.530. The van der Waals surface area contributed by atoms with Crippen LogP contribution in [0.4, 0.5) is 0 Å². The van der Waals surface area contributed by atoms with Gasteiger partial charge < -0.3 is 19.7 Å². The van der Waals surface area contributed by atoms with Crippen molar-refractivity contribution >= 4 is 46.9 Å². The molecule has 0 saturated heterocycles. The van der Waals surface area contributed by atoms with Gasteiger partial charge in [0.05, 0.1) is 26.4 Å². The van der Waals surface area contributed by atoms with Crippen LogP contribution in [0.5, 0.6) is 0 Å². The molecule has 0 aromatic heterocycles. The number of hydrogen-bond acceptors (Lipinski definition) is 4. The summed E-state index contributed by atoms with van der Waals surface area (Å²) in [5.74, 6) is 0. The van der Waals surface area contributed by atoms with E-state index in [1.807, 2.05) is 0 Å². The Kier molecular flexibility index (Phi) is 57.2. The van der Waals surface area contributed by atoms with Gasteiger partial charge in [-0.25, -0.2) is 0 Å². The van der Waals surface area contributed by atoms with Gasteiger partial charge >= 0.3 is 29.6 Å². The number of ether oxygens (including phenoxy) is 2. The number of rotatable bonds is 4. The van der Waals surface area contributed by atoms with Crippen LogP contribution in [-0.4, -0.2) is 97.8 Å². The van der Waals surface area contributed by atoms with Crippen LogP contribution < -0.4 is 0 Å². The Morgan fingerprint density at radius 2 is 1.17 bits per heavy atom.